The number of rotatable bonds is 7. The van der Waals surface area contributed by atoms with Crippen LogP contribution in [0.2, 0.25) is 0 Å². The van der Waals surface area contributed by atoms with E-state index < -0.39 is 17.0 Å². The highest BCUT2D eigenvalue weighted by atomic mass is 32.2. The lowest BCUT2D eigenvalue weighted by Crippen LogP contribution is -2.25. The minimum absolute atomic E-state index is 0.294. The topological polar surface area (TPSA) is 67.4 Å². The van der Waals surface area contributed by atoms with E-state index in [0.717, 1.165) is 40.6 Å². The largest absolute Gasteiger partial charge is 0.496 e. The molecule has 0 spiro atoms. The van der Waals surface area contributed by atoms with Crippen LogP contribution in [0.15, 0.2) is 42.5 Å². The summed E-state index contributed by atoms with van der Waals surface area (Å²) in [5.41, 5.74) is 1.79. The number of nitrogens with one attached hydrogen (secondary N) is 2. The summed E-state index contributed by atoms with van der Waals surface area (Å²) in [5, 5.41) is 4.66. The Bertz CT molecular complexity index is 901. The van der Waals surface area contributed by atoms with E-state index in [-0.39, 0.29) is 11.1 Å². The third kappa shape index (κ3) is 5.51. The Morgan fingerprint density at radius 2 is 1.76 bits per heavy atom. The number of hydrogen-bond acceptors (Lipinski definition) is 5. The SMILES string of the molecule is COc1ccc(CC2SC(=O)NC2=O)cc1CNCc1ccc(C(F)(F)F)cc1. The molecule has 0 bridgehead atoms. The third-order valence-corrected chi connectivity index (χ3v) is 5.44. The van der Waals surface area contributed by atoms with Crippen molar-refractivity contribution in [1.29, 1.82) is 0 Å². The van der Waals surface area contributed by atoms with Crippen molar-refractivity contribution < 1.29 is 27.5 Å². The molecule has 1 fully saturated rings. The summed E-state index contributed by atoms with van der Waals surface area (Å²) in [6, 6.07) is 10.5. The number of amides is 2. The number of carbonyl (C=O) groups excluding carboxylic acids is 2. The van der Waals surface area contributed by atoms with Crippen LogP contribution in [0.4, 0.5) is 18.0 Å². The van der Waals surface area contributed by atoms with E-state index in [9.17, 15) is 22.8 Å². The smallest absolute Gasteiger partial charge is 0.416 e. The van der Waals surface area contributed by atoms with E-state index in [0.29, 0.717) is 25.3 Å². The van der Waals surface area contributed by atoms with Crippen LogP contribution in [0.5, 0.6) is 5.75 Å². The first-order chi connectivity index (χ1) is 13.8. The number of halogens is 3. The summed E-state index contributed by atoms with van der Waals surface area (Å²) in [4.78, 5) is 23.1. The van der Waals surface area contributed by atoms with Gasteiger partial charge in [0, 0.05) is 18.7 Å². The standard InChI is InChI=1S/C20H19F3N2O3S/c1-28-16-7-4-13(9-17-18(26)25-19(27)29-17)8-14(16)11-24-10-12-2-5-15(6-3-12)20(21,22)23/h2-8,17,24H,9-11H2,1H3,(H,25,26,27). The fourth-order valence-corrected chi connectivity index (χ4v) is 3.85. The number of alkyl halides is 3. The molecule has 2 amide bonds. The minimum atomic E-state index is -4.35. The Hall–Kier alpha value is -2.52. The average Bonchev–Trinajstić information content (AvgIpc) is 2.98. The predicted octanol–water partition coefficient (Wildman–Crippen LogP) is 3.90. The van der Waals surface area contributed by atoms with Crippen LogP contribution < -0.4 is 15.4 Å². The Morgan fingerprint density at radius 1 is 1.07 bits per heavy atom. The van der Waals surface area contributed by atoms with Gasteiger partial charge in [0.15, 0.2) is 0 Å². The van der Waals surface area contributed by atoms with Crippen molar-refractivity contribution in [3.8, 4) is 5.75 Å². The highest BCUT2D eigenvalue weighted by Gasteiger charge is 2.31. The van der Waals surface area contributed by atoms with E-state index >= 15 is 0 Å². The lowest BCUT2D eigenvalue weighted by Gasteiger charge is -2.13. The van der Waals surface area contributed by atoms with Crippen molar-refractivity contribution in [2.45, 2.75) is 30.9 Å². The van der Waals surface area contributed by atoms with Gasteiger partial charge in [0.1, 0.15) is 5.75 Å². The summed E-state index contributed by atoms with van der Waals surface area (Å²) >= 11 is 0.976. The maximum atomic E-state index is 12.6. The van der Waals surface area contributed by atoms with Gasteiger partial charge in [0.25, 0.3) is 5.24 Å². The van der Waals surface area contributed by atoms with E-state index in [1.807, 2.05) is 12.1 Å². The molecule has 1 aliphatic heterocycles. The first kappa shape index (κ1) is 21.2. The number of carbonyl (C=O) groups is 2. The second kappa shape index (κ2) is 8.87. The van der Waals surface area contributed by atoms with Crippen LogP contribution in [-0.4, -0.2) is 23.5 Å². The van der Waals surface area contributed by atoms with Crippen molar-refractivity contribution in [2.75, 3.05) is 7.11 Å². The van der Waals surface area contributed by atoms with Crippen LogP contribution in [0.25, 0.3) is 0 Å². The van der Waals surface area contributed by atoms with Crippen molar-refractivity contribution in [2.24, 2.45) is 0 Å². The van der Waals surface area contributed by atoms with Crippen molar-refractivity contribution >= 4 is 22.9 Å². The molecule has 0 aliphatic carbocycles. The van der Waals surface area contributed by atoms with Gasteiger partial charge in [-0.1, -0.05) is 36.0 Å². The van der Waals surface area contributed by atoms with Gasteiger partial charge >= 0.3 is 6.18 Å². The molecule has 1 aliphatic rings. The van der Waals surface area contributed by atoms with Crippen LogP contribution in [0, 0.1) is 0 Å². The number of ether oxygens (including phenoxy) is 1. The normalized spacial score (nSPS) is 16.8. The number of thioether (sulfide) groups is 1. The molecule has 0 radical (unpaired) electrons. The fraction of sp³-hybridized carbons (Fsp3) is 0.300. The van der Waals surface area contributed by atoms with E-state index in [4.69, 9.17) is 4.74 Å². The summed E-state index contributed by atoms with van der Waals surface area (Å²) in [7, 11) is 1.55. The van der Waals surface area contributed by atoms with Gasteiger partial charge in [-0.05, 0) is 35.7 Å². The molecule has 2 aromatic rings. The molecule has 2 N–H and O–H groups in total. The summed E-state index contributed by atoms with van der Waals surface area (Å²) in [6.07, 6.45) is -3.93. The Labute approximate surface area is 170 Å². The van der Waals surface area contributed by atoms with Crippen LogP contribution in [0.3, 0.4) is 0 Å². The molecule has 5 nitrogen and oxygen atoms in total. The van der Waals surface area contributed by atoms with Crippen LogP contribution in [0.1, 0.15) is 22.3 Å². The molecule has 1 heterocycles. The minimum Gasteiger partial charge on any atom is -0.496 e. The van der Waals surface area contributed by atoms with E-state index in [1.54, 1.807) is 13.2 Å². The molecule has 9 heteroatoms. The van der Waals surface area contributed by atoms with Crippen molar-refractivity contribution in [3.63, 3.8) is 0 Å². The summed E-state index contributed by atoms with van der Waals surface area (Å²) in [6.45, 7) is 0.821. The second-order valence-electron chi connectivity index (χ2n) is 6.53. The maximum absolute atomic E-state index is 12.6. The molecule has 1 saturated heterocycles. The quantitative estimate of drug-likeness (QED) is 0.706. The summed E-state index contributed by atoms with van der Waals surface area (Å²) in [5.74, 6) is 0.367. The lowest BCUT2D eigenvalue weighted by molar-refractivity contribution is -0.137. The Balaban J connectivity index is 1.62. The zero-order valence-corrected chi connectivity index (χ0v) is 16.3. The highest BCUT2D eigenvalue weighted by molar-refractivity contribution is 8.15. The van der Waals surface area contributed by atoms with Crippen molar-refractivity contribution in [1.82, 2.24) is 10.6 Å². The van der Waals surface area contributed by atoms with Gasteiger partial charge in [0.2, 0.25) is 5.91 Å². The van der Waals surface area contributed by atoms with Gasteiger partial charge < -0.3 is 10.1 Å². The fourth-order valence-electron chi connectivity index (χ4n) is 2.99. The van der Waals surface area contributed by atoms with Gasteiger partial charge in [0.05, 0.1) is 17.9 Å². The summed E-state index contributed by atoms with van der Waals surface area (Å²) < 4.78 is 43.3. The molecular weight excluding hydrogens is 405 g/mol. The molecular formula is C20H19F3N2O3S. The van der Waals surface area contributed by atoms with Gasteiger partial charge in [-0.25, -0.2) is 0 Å². The first-order valence-corrected chi connectivity index (χ1v) is 9.68. The Kier molecular flexibility index (Phi) is 6.49. The molecule has 1 atom stereocenters. The van der Waals surface area contributed by atoms with Gasteiger partial charge in [-0.15, -0.1) is 0 Å². The highest BCUT2D eigenvalue weighted by Crippen LogP contribution is 2.29. The maximum Gasteiger partial charge on any atom is 0.416 e. The molecule has 3 rings (SSSR count). The molecule has 1 unspecified atom stereocenters. The third-order valence-electron chi connectivity index (χ3n) is 4.46. The Morgan fingerprint density at radius 3 is 2.34 bits per heavy atom. The molecule has 2 aromatic carbocycles. The molecule has 154 valence electrons. The van der Waals surface area contributed by atoms with Crippen molar-refractivity contribution in [3.05, 3.63) is 64.7 Å². The molecule has 29 heavy (non-hydrogen) atoms. The molecule has 0 aromatic heterocycles. The van der Waals surface area contributed by atoms with E-state index in [2.05, 4.69) is 10.6 Å². The monoisotopic (exact) mass is 424 g/mol. The van der Waals surface area contributed by atoms with Gasteiger partial charge in [-0.2, -0.15) is 13.2 Å². The first-order valence-electron chi connectivity index (χ1n) is 8.80. The van der Waals surface area contributed by atoms with Gasteiger partial charge in [-0.3, -0.25) is 14.9 Å². The number of benzene rings is 2. The zero-order valence-electron chi connectivity index (χ0n) is 15.5. The number of imide groups is 1. The number of methoxy groups -OCH3 is 1. The lowest BCUT2D eigenvalue weighted by atomic mass is 10.0. The van der Waals surface area contributed by atoms with E-state index in [1.165, 1.54) is 12.1 Å². The van der Waals surface area contributed by atoms with Crippen LogP contribution in [-0.2, 0) is 30.5 Å². The molecule has 0 saturated carbocycles. The van der Waals surface area contributed by atoms with Crippen LogP contribution >= 0.6 is 11.8 Å². The zero-order chi connectivity index (χ0) is 21.0. The second-order valence-corrected chi connectivity index (χ2v) is 7.71. The average molecular weight is 424 g/mol. The predicted molar refractivity (Wildman–Crippen MR) is 104 cm³/mol. The number of hydrogen-bond donors (Lipinski definition) is 2.